The molecule has 0 saturated carbocycles. The highest BCUT2D eigenvalue weighted by Crippen LogP contribution is 2.10. The first-order valence-corrected chi connectivity index (χ1v) is 5.26. The Morgan fingerprint density at radius 2 is 2.13 bits per heavy atom. The summed E-state index contributed by atoms with van der Waals surface area (Å²) in [4.78, 5) is 13.7. The molecule has 4 heteroatoms. The minimum absolute atomic E-state index is 0.0205. The molecule has 0 bridgehead atoms. The third-order valence-electron chi connectivity index (χ3n) is 2.52. The van der Waals surface area contributed by atoms with Gasteiger partial charge < -0.3 is 10.2 Å². The average Bonchev–Trinajstić information content (AvgIpc) is 2.15. The van der Waals surface area contributed by atoms with E-state index in [0.717, 1.165) is 6.54 Å². The Balaban J connectivity index is 4.50. The zero-order chi connectivity index (χ0) is 12.1. The van der Waals surface area contributed by atoms with Crippen molar-refractivity contribution in [2.45, 2.75) is 45.7 Å². The molecule has 1 amide bonds. The van der Waals surface area contributed by atoms with E-state index in [1.807, 2.05) is 27.7 Å². The van der Waals surface area contributed by atoms with Gasteiger partial charge in [0, 0.05) is 13.1 Å². The van der Waals surface area contributed by atoms with Crippen LogP contribution in [-0.2, 0) is 4.79 Å². The number of carbonyl (C=O) groups excluding carboxylic acids is 1. The SMILES string of the molecule is CCNC(C)(C)C(=O)N(C)C(C)CC#N. The summed E-state index contributed by atoms with van der Waals surface area (Å²) in [6, 6.07) is 2.03. The Hall–Kier alpha value is -1.08. The van der Waals surface area contributed by atoms with Gasteiger partial charge in [0.05, 0.1) is 18.0 Å². The predicted octanol–water partition coefficient (Wildman–Crippen LogP) is 1.14. The standard InChI is InChI=1S/C11H21N3O/c1-6-13-11(3,4)10(15)14(5)9(2)7-8-12/h9,13H,6-7H2,1-5H3. The molecule has 15 heavy (non-hydrogen) atoms. The lowest BCUT2D eigenvalue weighted by Gasteiger charge is -2.32. The lowest BCUT2D eigenvalue weighted by atomic mass is 10.0. The lowest BCUT2D eigenvalue weighted by Crippen LogP contribution is -2.54. The van der Waals surface area contributed by atoms with Crippen LogP contribution in [0.25, 0.3) is 0 Å². The van der Waals surface area contributed by atoms with E-state index < -0.39 is 5.54 Å². The molecule has 0 rings (SSSR count). The molecule has 86 valence electrons. The Morgan fingerprint density at radius 3 is 2.53 bits per heavy atom. The van der Waals surface area contributed by atoms with Crippen molar-refractivity contribution in [1.82, 2.24) is 10.2 Å². The number of nitrogens with zero attached hydrogens (tertiary/aromatic N) is 2. The molecule has 0 heterocycles. The highest BCUT2D eigenvalue weighted by atomic mass is 16.2. The number of hydrogen-bond acceptors (Lipinski definition) is 3. The summed E-state index contributed by atoms with van der Waals surface area (Å²) in [6.45, 7) is 8.30. The van der Waals surface area contributed by atoms with E-state index in [1.54, 1.807) is 11.9 Å². The average molecular weight is 211 g/mol. The van der Waals surface area contributed by atoms with Crippen LogP contribution in [0.1, 0.15) is 34.1 Å². The molecule has 0 aliphatic carbocycles. The van der Waals surface area contributed by atoms with Crippen molar-refractivity contribution >= 4 is 5.91 Å². The molecule has 0 fully saturated rings. The van der Waals surface area contributed by atoms with Crippen molar-refractivity contribution < 1.29 is 4.79 Å². The van der Waals surface area contributed by atoms with Crippen molar-refractivity contribution in [2.75, 3.05) is 13.6 Å². The number of rotatable bonds is 5. The molecule has 0 aliphatic heterocycles. The maximum atomic E-state index is 12.0. The van der Waals surface area contributed by atoms with E-state index in [2.05, 4.69) is 11.4 Å². The second-order valence-electron chi connectivity index (χ2n) is 4.28. The minimum atomic E-state index is -0.562. The summed E-state index contributed by atoms with van der Waals surface area (Å²) in [6.07, 6.45) is 0.366. The van der Waals surface area contributed by atoms with Crippen LogP contribution in [-0.4, -0.2) is 36.0 Å². The summed E-state index contributed by atoms with van der Waals surface area (Å²) >= 11 is 0. The number of amides is 1. The normalized spacial score (nSPS) is 13.1. The summed E-state index contributed by atoms with van der Waals surface area (Å²) in [5, 5.41) is 11.7. The van der Waals surface area contributed by atoms with Crippen LogP contribution in [0.2, 0.25) is 0 Å². The number of likely N-dealkylation sites (N-methyl/N-ethyl adjacent to an activating group) is 2. The quantitative estimate of drug-likeness (QED) is 0.741. The van der Waals surface area contributed by atoms with E-state index in [9.17, 15) is 4.79 Å². The highest BCUT2D eigenvalue weighted by molar-refractivity contribution is 5.85. The van der Waals surface area contributed by atoms with Crippen LogP contribution in [0.4, 0.5) is 0 Å². The van der Waals surface area contributed by atoms with E-state index in [-0.39, 0.29) is 11.9 Å². The molecule has 1 unspecified atom stereocenters. The van der Waals surface area contributed by atoms with Crippen LogP contribution < -0.4 is 5.32 Å². The maximum Gasteiger partial charge on any atom is 0.242 e. The first kappa shape index (κ1) is 13.9. The van der Waals surface area contributed by atoms with Crippen LogP contribution in [0.3, 0.4) is 0 Å². The van der Waals surface area contributed by atoms with Crippen LogP contribution >= 0.6 is 0 Å². The van der Waals surface area contributed by atoms with Crippen molar-refractivity contribution in [3.63, 3.8) is 0 Å². The van der Waals surface area contributed by atoms with Gasteiger partial charge in [0.15, 0.2) is 0 Å². The fourth-order valence-electron chi connectivity index (χ4n) is 1.43. The molecule has 0 aromatic carbocycles. The van der Waals surface area contributed by atoms with E-state index in [4.69, 9.17) is 5.26 Å². The van der Waals surface area contributed by atoms with E-state index in [1.165, 1.54) is 0 Å². The molecule has 1 atom stereocenters. The van der Waals surface area contributed by atoms with Crippen molar-refractivity contribution in [2.24, 2.45) is 0 Å². The van der Waals surface area contributed by atoms with Gasteiger partial charge in [-0.2, -0.15) is 5.26 Å². The molecular weight excluding hydrogens is 190 g/mol. The predicted molar refractivity (Wildman–Crippen MR) is 60.2 cm³/mol. The zero-order valence-corrected chi connectivity index (χ0v) is 10.3. The number of nitrogens with one attached hydrogen (secondary N) is 1. The van der Waals surface area contributed by atoms with Gasteiger partial charge in [-0.15, -0.1) is 0 Å². The number of hydrogen-bond donors (Lipinski definition) is 1. The van der Waals surface area contributed by atoms with Crippen LogP contribution in [0, 0.1) is 11.3 Å². The lowest BCUT2D eigenvalue weighted by molar-refractivity contribution is -0.137. The van der Waals surface area contributed by atoms with Gasteiger partial charge in [0.1, 0.15) is 0 Å². The summed E-state index contributed by atoms with van der Waals surface area (Å²) < 4.78 is 0. The second kappa shape index (κ2) is 5.72. The van der Waals surface area contributed by atoms with Gasteiger partial charge in [-0.25, -0.2) is 0 Å². The zero-order valence-electron chi connectivity index (χ0n) is 10.3. The molecule has 1 N–H and O–H groups in total. The minimum Gasteiger partial charge on any atom is -0.340 e. The summed E-state index contributed by atoms with van der Waals surface area (Å²) in [5.41, 5.74) is -0.562. The van der Waals surface area contributed by atoms with Crippen LogP contribution in [0.15, 0.2) is 0 Å². The largest absolute Gasteiger partial charge is 0.340 e. The van der Waals surface area contributed by atoms with Crippen LogP contribution in [0.5, 0.6) is 0 Å². The number of nitriles is 1. The summed E-state index contributed by atoms with van der Waals surface area (Å²) in [5.74, 6) is 0.0205. The molecule has 0 aromatic heterocycles. The second-order valence-corrected chi connectivity index (χ2v) is 4.28. The molecule has 0 spiro atoms. The van der Waals surface area contributed by atoms with Gasteiger partial charge in [-0.3, -0.25) is 4.79 Å². The first-order chi connectivity index (χ1) is 6.86. The van der Waals surface area contributed by atoms with Crippen molar-refractivity contribution in [3.05, 3.63) is 0 Å². The summed E-state index contributed by atoms with van der Waals surface area (Å²) in [7, 11) is 1.74. The van der Waals surface area contributed by atoms with Gasteiger partial charge in [0.25, 0.3) is 0 Å². The Bertz CT molecular complexity index is 255. The fraction of sp³-hybridized carbons (Fsp3) is 0.818. The third kappa shape index (κ3) is 3.88. The molecule has 0 radical (unpaired) electrons. The third-order valence-corrected chi connectivity index (χ3v) is 2.52. The monoisotopic (exact) mass is 211 g/mol. The maximum absolute atomic E-state index is 12.0. The molecule has 4 nitrogen and oxygen atoms in total. The van der Waals surface area contributed by atoms with Crippen molar-refractivity contribution in [3.8, 4) is 6.07 Å². The van der Waals surface area contributed by atoms with E-state index >= 15 is 0 Å². The molecular formula is C11H21N3O. The fourth-order valence-corrected chi connectivity index (χ4v) is 1.43. The smallest absolute Gasteiger partial charge is 0.242 e. The Kier molecular flexibility index (Phi) is 5.31. The molecule has 0 aromatic rings. The topological polar surface area (TPSA) is 56.1 Å². The van der Waals surface area contributed by atoms with Gasteiger partial charge in [0.2, 0.25) is 5.91 Å². The molecule has 0 aliphatic rings. The first-order valence-electron chi connectivity index (χ1n) is 5.26. The van der Waals surface area contributed by atoms with E-state index in [0.29, 0.717) is 6.42 Å². The van der Waals surface area contributed by atoms with Gasteiger partial charge in [-0.1, -0.05) is 6.92 Å². The van der Waals surface area contributed by atoms with Gasteiger partial charge in [-0.05, 0) is 27.3 Å². The Morgan fingerprint density at radius 1 is 1.60 bits per heavy atom. The number of carbonyl (C=O) groups is 1. The van der Waals surface area contributed by atoms with Gasteiger partial charge >= 0.3 is 0 Å². The van der Waals surface area contributed by atoms with Crippen molar-refractivity contribution in [1.29, 1.82) is 5.26 Å². The highest BCUT2D eigenvalue weighted by Gasteiger charge is 2.31. The Labute approximate surface area is 92.3 Å². The molecule has 0 saturated heterocycles.